The lowest BCUT2D eigenvalue weighted by Gasteiger charge is -2.12. The molecule has 0 radical (unpaired) electrons. The van der Waals surface area contributed by atoms with Crippen molar-refractivity contribution < 1.29 is 33.4 Å². The van der Waals surface area contributed by atoms with Crippen LogP contribution in [0.5, 0.6) is 11.5 Å². The largest absolute Gasteiger partial charge is 0.493 e. The van der Waals surface area contributed by atoms with Crippen LogP contribution in [-0.4, -0.2) is 45.8 Å². The summed E-state index contributed by atoms with van der Waals surface area (Å²) in [6.45, 7) is -0.00834. The Hall–Kier alpha value is -3.24. The standard InChI is InChI=1S/C21H16FNO6S2/c1-28-16-10-12(11-17-19(26)23(21(30)31-17)9-8-18(24)25)6-7-15(16)29-20(27)13-4-2-3-5-14(13)22/h2-7,10-11H,8-9H2,1H3,(H,24,25)/b17-11-. The lowest BCUT2D eigenvalue weighted by molar-refractivity contribution is -0.137. The highest BCUT2D eigenvalue weighted by atomic mass is 32.2. The summed E-state index contributed by atoms with van der Waals surface area (Å²) < 4.78 is 24.6. The third-order valence-electron chi connectivity index (χ3n) is 4.20. The third-order valence-corrected chi connectivity index (χ3v) is 5.58. The number of ether oxygens (including phenoxy) is 2. The van der Waals surface area contributed by atoms with Crippen molar-refractivity contribution >= 4 is 52.2 Å². The van der Waals surface area contributed by atoms with Crippen LogP contribution < -0.4 is 9.47 Å². The number of benzene rings is 2. The van der Waals surface area contributed by atoms with Gasteiger partial charge in [0.15, 0.2) is 11.5 Å². The zero-order valence-corrected chi connectivity index (χ0v) is 17.8. The van der Waals surface area contributed by atoms with Gasteiger partial charge in [-0.25, -0.2) is 9.18 Å². The average molecular weight is 461 g/mol. The van der Waals surface area contributed by atoms with Gasteiger partial charge in [0.25, 0.3) is 5.91 Å². The summed E-state index contributed by atoms with van der Waals surface area (Å²) in [7, 11) is 1.38. The number of amides is 1. The van der Waals surface area contributed by atoms with Crippen LogP contribution in [-0.2, 0) is 9.59 Å². The Morgan fingerprint density at radius 3 is 2.65 bits per heavy atom. The number of carbonyl (C=O) groups excluding carboxylic acids is 2. The van der Waals surface area contributed by atoms with Crippen LogP contribution in [0.25, 0.3) is 6.08 Å². The molecule has 1 fully saturated rings. The minimum atomic E-state index is -1.02. The fourth-order valence-electron chi connectivity index (χ4n) is 2.69. The first kappa shape index (κ1) is 22.4. The lowest BCUT2D eigenvalue weighted by Crippen LogP contribution is -2.30. The monoisotopic (exact) mass is 461 g/mol. The van der Waals surface area contributed by atoms with Crippen LogP contribution in [0.4, 0.5) is 4.39 Å². The van der Waals surface area contributed by atoms with Gasteiger partial charge in [-0.2, -0.15) is 0 Å². The van der Waals surface area contributed by atoms with Gasteiger partial charge in [0.2, 0.25) is 0 Å². The van der Waals surface area contributed by atoms with E-state index in [0.29, 0.717) is 10.5 Å². The van der Waals surface area contributed by atoms with Crippen molar-refractivity contribution in [3.8, 4) is 11.5 Å². The molecule has 0 unspecified atom stereocenters. The summed E-state index contributed by atoms with van der Waals surface area (Å²) >= 11 is 6.22. The predicted octanol–water partition coefficient (Wildman–Crippen LogP) is 3.73. The second-order valence-electron chi connectivity index (χ2n) is 6.26. The number of thiocarbonyl (C=S) groups is 1. The van der Waals surface area contributed by atoms with Gasteiger partial charge in [-0.3, -0.25) is 14.5 Å². The fourth-order valence-corrected chi connectivity index (χ4v) is 4.00. The molecule has 3 rings (SSSR count). The van der Waals surface area contributed by atoms with Crippen LogP contribution >= 0.6 is 24.0 Å². The first-order valence-corrected chi connectivity index (χ1v) is 10.1. The number of methoxy groups -OCH3 is 1. The number of carbonyl (C=O) groups is 3. The molecule has 1 N–H and O–H groups in total. The maximum absolute atomic E-state index is 13.8. The Kier molecular flexibility index (Phi) is 7.03. The van der Waals surface area contributed by atoms with Crippen molar-refractivity contribution in [3.05, 3.63) is 64.3 Å². The molecule has 10 heteroatoms. The van der Waals surface area contributed by atoms with Gasteiger partial charge in [0.05, 0.1) is 24.0 Å². The van der Waals surface area contributed by atoms with E-state index in [1.807, 2.05) is 0 Å². The lowest BCUT2D eigenvalue weighted by atomic mass is 10.1. The van der Waals surface area contributed by atoms with E-state index in [2.05, 4.69) is 0 Å². The number of hydrogen-bond donors (Lipinski definition) is 1. The van der Waals surface area contributed by atoms with Crippen LogP contribution in [0.3, 0.4) is 0 Å². The topological polar surface area (TPSA) is 93.1 Å². The summed E-state index contributed by atoms with van der Waals surface area (Å²) in [6, 6.07) is 10.1. The van der Waals surface area contributed by atoms with Gasteiger partial charge >= 0.3 is 11.9 Å². The van der Waals surface area contributed by atoms with Gasteiger partial charge in [-0.05, 0) is 35.9 Å². The SMILES string of the molecule is COc1cc(/C=C2\SC(=S)N(CCC(=O)O)C2=O)ccc1OC(=O)c1ccccc1F. The van der Waals surface area contributed by atoms with Gasteiger partial charge < -0.3 is 14.6 Å². The molecule has 1 aliphatic heterocycles. The van der Waals surface area contributed by atoms with Crippen molar-refractivity contribution in [3.63, 3.8) is 0 Å². The molecule has 0 aliphatic carbocycles. The Morgan fingerprint density at radius 1 is 1.23 bits per heavy atom. The van der Waals surface area contributed by atoms with Crippen molar-refractivity contribution in [2.45, 2.75) is 6.42 Å². The zero-order chi connectivity index (χ0) is 22.5. The number of halogens is 1. The van der Waals surface area contributed by atoms with E-state index in [9.17, 15) is 18.8 Å². The number of thioether (sulfide) groups is 1. The van der Waals surface area contributed by atoms with Gasteiger partial charge in [0, 0.05) is 6.54 Å². The molecule has 1 amide bonds. The Morgan fingerprint density at radius 2 is 1.97 bits per heavy atom. The van der Waals surface area contributed by atoms with Crippen LogP contribution in [0, 0.1) is 5.82 Å². The van der Waals surface area contributed by atoms with E-state index in [1.54, 1.807) is 18.2 Å². The molecule has 1 saturated heterocycles. The second-order valence-corrected chi connectivity index (χ2v) is 7.93. The Balaban J connectivity index is 1.79. The van der Waals surface area contributed by atoms with Crippen molar-refractivity contribution in [2.75, 3.05) is 13.7 Å². The highest BCUT2D eigenvalue weighted by molar-refractivity contribution is 8.26. The second kappa shape index (κ2) is 9.71. The van der Waals surface area contributed by atoms with Crippen LogP contribution in [0.15, 0.2) is 47.4 Å². The fraction of sp³-hybridized carbons (Fsp3) is 0.143. The molecule has 0 bridgehead atoms. The summed E-state index contributed by atoms with van der Waals surface area (Å²) in [4.78, 5) is 37.1. The predicted molar refractivity (Wildman–Crippen MR) is 116 cm³/mol. The molecule has 0 aromatic heterocycles. The first-order valence-electron chi connectivity index (χ1n) is 8.92. The molecule has 0 atom stereocenters. The van der Waals surface area contributed by atoms with Gasteiger partial charge in [0.1, 0.15) is 10.1 Å². The molecule has 1 heterocycles. The highest BCUT2D eigenvalue weighted by Gasteiger charge is 2.32. The number of nitrogens with zero attached hydrogens (tertiary/aromatic N) is 1. The van der Waals surface area contributed by atoms with E-state index < -0.39 is 17.8 Å². The molecule has 0 saturated carbocycles. The summed E-state index contributed by atoms with van der Waals surface area (Å²) in [6.07, 6.45) is 1.36. The van der Waals surface area contributed by atoms with Gasteiger partial charge in [-0.1, -0.05) is 42.2 Å². The molecule has 160 valence electrons. The van der Waals surface area contributed by atoms with Crippen molar-refractivity contribution in [1.29, 1.82) is 0 Å². The number of carboxylic acids is 1. The van der Waals surface area contributed by atoms with E-state index in [0.717, 1.165) is 17.8 Å². The Labute approximate surface area is 186 Å². The molecule has 2 aromatic carbocycles. The maximum Gasteiger partial charge on any atom is 0.346 e. The molecule has 0 spiro atoms. The maximum atomic E-state index is 13.8. The molecule has 1 aliphatic rings. The number of aliphatic carboxylic acids is 1. The van der Waals surface area contributed by atoms with E-state index in [4.69, 9.17) is 26.8 Å². The normalized spacial score (nSPS) is 14.8. The molecular weight excluding hydrogens is 445 g/mol. The number of carboxylic acid groups (broad SMARTS) is 1. The molecule has 7 nitrogen and oxygen atoms in total. The number of hydrogen-bond acceptors (Lipinski definition) is 7. The molecule has 2 aromatic rings. The third kappa shape index (κ3) is 5.28. The van der Waals surface area contributed by atoms with Crippen LogP contribution in [0.1, 0.15) is 22.3 Å². The highest BCUT2D eigenvalue weighted by Crippen LogP contribution is 2.35. The number of rotatable bonds is 7. The summed E-state index contributed by atoms with van der Waals surface area (Å²) in [5.41, 5.74) is 0.361. The van der Waals surface area contributed by atoms with Crippen molar-refractivity contribution in [1.82, 2.24) is 4.90 Å². The minimum absolute atomic E-state index is 0.00834. The van der Waals surface area contributed by atoms with E-state index in [-0.39, 0.29) is 40.3 Å². The summed E-state index contributed by atoms with van der Waals surface area (Å²) in [5, 5.41) is 8.81. The van der Waals surface area contributed by atoms with E-state index >= 15 is 0 Å². The molecule has 31 heavy (non-hydrogen) atoms. The Bertz CT molecular complexity index is 1100. The zero-order valence-electron chi connectivity index (χ0n) is 16.2. The average Bonchev–Trinajstić information content (AvgIpc) is 3.00. The first-order chi connectivity index (χ1) is 14.8. The smallest absolute Gasteiger partial charge is 0.346 e. The number of esters is 1. The van der Waals surface area contributed by atoms with Crippen LogP contribution in [0.2, 0.25) is 0 Å². The quantitative estimate of drug-likeness (QED) is 0.289. The minimum Gasteiger partial charge on any atom is -0.493 e. The summed E-state index contributed by atoms with van der Waals surface area (Å²) in [5.74, 6) is -2.69. The van der Waals surface area contributed by atoms with Gasteiger partial charge in [-0.15, -0.1) is 0 Å². The van der Waals surface area contributed by atoms with Crippen molar-refractivity contribution in [2.24, 2.45) is 0 Å². The molecular formula is C21H16FNO6S2. The van der Waals surface area contributed by atoms with E-state index in [1.165, 1.54) is 36.3 Å².